The molecule has 0 saturated carbocycles. The van der Waals surface area contributed by atoms with Gasteiger partial charge in [-0.05, 0) is 74.2 Å². The second kappa shape index (κ2) is 16.5. The molecule has 0 amide bonds. The van der Waals surface area contributed by atoms with E-state index in [1.165, 1.54) is 23.5 Å². The van der Waals surface area contributed by atoms with Crippen molar-refractivity contribution in [3.05, 3.63) is 72.3 Å². The zero-order valence-electron chi connectivity index (χ0n) is 29.2. The summed E-state index contributed by atoms with van der Waals surface area (Å²) < 4.78 is 73.8. The number of nitrogens with zero attached hydrogens (tertiary/aromatic N) is 1. The number of sulfonamides is 2. The Bertz CT molecular complexity index is 1790. The van der Waals surface area contributed by atoms with E-state index in [0.29, 0.717) is 63.1 Å². The molecule has 0 radical (unpaired) electrons. The smallest absolute Gasteiger partial charge is 0.246 e. The number of nitrogens with one attached hydrogen (secondary N) is 3. The topological polar surface area (TPSA) is 156 Å². The summed E-state index contributed by atoms with van der Waals surface area (Å²) in [5.41, 5.74) is 2.45. The molecule has 2 aliphatic heterocycles. The fraction of sp³-hybridized carbons (Fsp3) is 0.500. The predicted molar refractivity (Wildman–Crippen MR) is 192 cm³/mol. The van der Waals surface area contributed by atoms with Crippen LogP contribution in [0.4, 0.5) is 0 Å². The largest absolute Gasteiger partial charge is 0.492 e. The van der Waals surface area contributed by atoms with Crippen LogP contribution in [0.1, 0.15) is 45.6 Å². The van der Waals surface area contributed by atoms with Crippen LogP contribution in [-0.4, -0.2) is 96.5 Å². The minimum absolute atomic E-state index is 0.00862. The Balaban J connectivity index is 1.15. The third-order valence-corrected chi connectivity index (χ3v) is 12.5. The summed E-state index contributed by atoms with van der Waals surface area (Å²) in [6.45, 7) is 8.49. The number of ether oxygens (including phenoxy) is 3. The Morgan fingerprint density at radius 3 is 2.38 bits per heavy atom. The molecule has 2 aliphatic rings. The van der Waals surface area contributed by atoms with E-state index in [9.17, 15) is 21.9 Å². The highest BCUT2D eigenvalue weighted by molar-refractivity contribution is 7.89. The van der Waals surface area contributed by atoms with Crippen molar-refractivity contribution in [3.8, 4) is 22.6 Å². The van der Waals surface area contributed by atoms with Gasteiger partial charge >= 0.3 is 0 Å². The van der Waals surface area contributed by atoms with Gasteiger partial charge in [-0.15, -0.1) is 0 Å². The van der Waals surface area contributed by atoms with Gasteiger partial charge in [0.25, 0.3) is 0 Å². The van der Waals surface area contributed by atoms with Crippen LogP contribution in [0.3, 0.4) is 0 Å². The number of hydrogen-bond acceptors (Lipinski definition) is 10. The summed E-state index contributed by atoms with van der Waals surface area (Å²) in [7, 11) is -6.12. The van der Waals surface area contributed by atoms with Gasteiger partial charge < -0.3 is 30.0 Å². The average Bonchev–Trinajstić information content (AvgIpc) is 3.51. The summed E-state index contributed by atoms with van der Waals surface area (Å²) in [5.74, 6) is 0.684. The molecule has 50 heavy (non-hydrogen) atoms. The molecule has 2 fully saturated rings. The minimum atomic E-state index is -3.85. The highest BCUT2D eigenvalue weighted by atomic mass is 32.2. The molecule has 0 bridgehead atoms. The standard InChI is InChI=1S/C36H50N4O8S2/c1-5-46-34-14-13-29(28-11-9-27(10-12-28)22-38-26(2)3)19-35(34)50(44,45)40-17-15-36(16-18-40)21-30(24-48-36)39-23-31(41)25-47-32-7-6-8-33(20-32)49(42,43)37-4/h6-14,19-20,26,30-31,37-39,41H,5,15-18,21-25H2,1-4H3. The molecule has 274 valence electrons. The van der Waals surface area contributed by atoms with E-state index in [1.54, 1.807) is 24.3 Å². The van der Waals surface area contributed by atoms with Gasteiger partial charge in [0, 0.05) is 44.3 Å². The second-order valence-electron chi connectivity index (χ2n) is 13.2. The van der Waals surface area contributed by atoms with E-state index in [-0.39, 0.29) is 29.0 Å². The average molecular weight is 731 g/mol. The number of aliphatic hydroxyl groups excluding tert-OH is 1. The van der Waals surface area contributed by atoms with Crippen molar-refractivity contribution < 1.29 is 36.2 Å². The molecule has 0 aliphatic carbocycles. The van der Waals surface area contributed by atoms with Crippen LogP contribution in [0.5, 0.6) is 11.5 Å². The molecule has 2 heterocycles. The molecule has 14 heteroatoms. The zero-order valence-corrected chi connectivity index (χ0v) is 30.9. The number of aliphatic hydroxyl groups is 1. The van der Waals surface area contributed by atoms with Gasteiger partial charge in [-0.1, -0.05) is 50.2 Å². The maximum atomic E-state index is 14.1. The van der Waals surface area contributed by atoms with Crippen LogP contribution in [-0.2, 0) is 31.3 Å². The fourth-order valence-corrected chi connectivity index (χ4v) is 8.66. The second-order valence-corrected chi connectivity index (χ2v) is 17.0. The molecule has 2 atom stereocenters. The highest BCUT2D eigenvalue weighted by Crippen LogP contribution is 2.39. The number of piperidine rings is 1. The summed E-state index contributed by atoms with van der Waals surface area (Å²) in [6.07, 6.45) is 0.966. The lowest BCUT2D eigenvalue weighted by atomic mass is 9.88. The lowest BCUT2D eigenvalue weighted by Crippen LogP contribution is -2.47. The normalized spacial score (nSPS) is 18.8. The van der Waals surface area contributed by atoms with Gasteiger partial charge in [0.2, 0.25) is 20.0 Å². The van der Waals surface area contributed by atoms with Crippen LogP contribution in [0.25, 0.3) is 11.1 Å². The van der Waals surface area contributed by atoms with E-state index >= 15 is 0 Å². The predicted octanol–water partition coefficient (Wildman–Crippen LogP) is 3.50. The van der Waals surface area contributed by atoms with Crippen molar-refractivity contribution in [2.75, 3.05) is 46.5 Å². The van der Waals surface area contributed by atoms with Crippen molar-refractivity contribution in [2.24, 2.45) is 0 Å². The molecule has 2 saturated heterocycles. The lowest BCUT2D eigenvalue weighted by Gasteiger charge is -2.38. The van der Waals surface area contributed by atoms with Crippen LogP contribution in [0.15, 0.2) is 76.5 Å². The highest BCUT2D eigenvalue weighted by Gasteiger charge is 2.45. The maximum Gasteiger partial charge on any atom is 0.246 e. The van der Waals surface area contributed by atoms with Gasteiger partial charge in [-0.3, -0.25) is 0 Å². The maximum absolute atomic E-state index is 14.1. The summed E-state index contributed by atoms with van der Waals surface area (Å²) in [6, 6.07) is 20.0. The Morgan fingerprint density at radius 1 is 0.980 bits per heavy atom. The third kappa shape index (κ3) is 9.42. The Morgan fingerprint density at radius 2 is 1.70 bits per heavy atom. The first-order chi connectivity index (χ1) is 23.8. The summed E-state index contributed by atoms with van der Waals surface area (Å²) in [4.78, 5) is 0.244. The van der Waals surface area contributed by atoms with Crippen molar-refractivity contribution >= 4 is 20.0 Å². The molecule has 4 N–H and O–H groups in total. The number of rotatable bonds is 16. The molecule has 0 aromatic heterocycles. The van der Waals surface area contributed by atoms with Crippen LogP contribution >= 0.6 is 0 Å². The van der Waals surface area contributed by atoms with Gasteiger partial charge in [-0.2, -0.15) is 4.31 Å². The van der Waals surface area contributed by atoms with Gasteiger partial charge in [-0.25, -0.2) is 21.6 Å². The van der Waals surface area contributed by atoms with Crippen LogP contribution in [0, 0.1) is 0 Å². The summed E-state index contributed by atoms with van der Waals surface area (Å²) >= 11 is 0. The number of benzene rings is 3. The molecule has 2 unspecified atom stereocenters. The number of hydrogen-bond donors (Lipinski definition) is 4. The van der Waals surface area contributed by atoms with Crippen molar-refractivity contribution in [3.63, 3.8) is 0 Å². The zero-order chi connectivity index (χ0) is 35.9. The molecule has 12 nitrogen and oxygen atoms in total. The first-order valence-corrected chi connectivity index (χ1v) is 20.1. The SMILES string of the molecule is CCOc1ccc(-c2ccc(CNC(C)C)cc2)cc1S(=O)(=O)N1CCC2(CC1)CC(NCC(O)COc1cccc(S(=O)(=O)NC)c1)CO2. The Labute approximate surface area is 296 Å². The first-order valence-electron chi connectivity index (χ1n) is 17.2. The van der Waals surface area contributed by atoms with Crippen LogP contribution < -0.4 is 24.8 Å². The van der Waals surface area contributed by atoms with E-state index in [0.717, 1.165) is 23.2 Å². The van der Waals surface area contributed by atoms with E-state index in [1.807, 2.05) is 25.1 Å². The monoisotopic (exact) mass is 730 g/mol. The minimum Gasteiger partial charge on any atom is -0.492 e. The fourth-order valence-electron chi connectivity index (χ4n) is 6.30. The van der Waals surface area contributed by atoms with Gasteiger partial charge in [0.05, 0.1) is 23.7 Å². The van der Waals surface area contributed by atoms with E-state index in [4.69, 9.17) is 14.2 Å². The summed E-state index contributed by atoms with van der Waals surface area (Å²) in [5, 5.41) is 17.3. The van der Waals surface area contributed by atoms with Gasteiger partial charge in [0.15, 0.2) is 0 Å². The third-order valence-electron chi connectivity index (χ3n) is 9.17. The van der Waals surface area contributed by atoms with E-state index < -0.39 is 31.8 Å². The molecule has 3 aromatic rings. The Kier molecular flexibility index (Phi) is 12.6. The molecular weight excluding hydrogens is 681 g/mol. The molecular formula is C36H50N4O8S2. The molecule has 1 spiro atoms. The van der Waals surface area contributed by atoms with Crippen molar-refractivity contribution in [2.45, 2.75) is 80.2 Å². The lowest BCUT2D eigenvalue weighted by molar-refractivity contribution is -0.0312. The van der Waals surface area contributed by atoms with E-state index in [2.05, 4.69) is 41.3 Å². The molecule has 5 rings (SSSR count). The van der Waals surface area contributed by atoms with Crippen molar-refractivity contribution in [1.29, 1.82) is 0 Å². The van der Waals surface area contributed by atoms with Crippen LogP contribution in [0.2, 0.25) is 0 Å². The van der Waals surface area contributed by atoms with Gasteiger partial charge in [0.1, 0.15) is 29.1 Å². The molecule has 3 aromatic carbocycles. The quantitative estimate of drug-likeness (QED) is 0.172. The van der Waals surface area contributed by atoms with Crippen molar-refractivity contribution in [1.82, 2.24) is 19.7 Å². The first kappa shape index (κ1) is 38.2. The Hall–Kier alpha value is -3.08.